The van der Waals surface area contributed by atoms with Crippen molar-refractivity contribution in [2.24, 2.45) is 0 Å². The maximum absolute atomic E-state index is 4.98. The van der Waals surface area contributed by atoms with E-state index in [4.69, 9.17) is 4.52 Å². The van der Waals surface area contributed by atoms with E-state index >= 15 is 0 Å². The second kappa shape index (κ2) is 3.37. The Morgan fingerprint density at radius 1 is 1.70 bits per heavy atom. The highest BCUT2D eigenvalue weighted by Gasteiger charge is 1.97. The van der Waals surface area contributed by atoms with Crippen molar-refractivity contribution in [3.63, 3.8) is 0 Å². The van der Waals surface area contributed by atoms with Crippen LogP contribution in [0.15, 0.2) is 10.6 Å². The molecule has 0 bridgehead atoms. The zero-order valence-corrected chi connectivity index (χ0v) is 6.35. The van der Waals surface area contributed by atoms with E-state index in [-0.39, 0.29) is 0 Å². The quantitative estimate of drug-likeness (QED) is 0.673. The summed E-state index contributed by atoms with van der Waals surface area (Å²) in [6.45, 7) is 2.86. The number of nitrogens with zero attached hydrogens (tertiary/aromatic N) is 1. The van der Waals surface area contributed by atoms with Gasteiger partial charge in [0.2, 0.25) is 0 Å². The summed E-state index contributed by atoms with van der Waals surface area (Å²) >= 11 is 0. The van der Waals surface area contributed by atoms with Gasteiger partial charge in [0.15, 0.2) is 0 Å². The molecule has 1 N–H and O–H groups in total. The molecule has 0 radical (unpaired) electrons. The van der Waals surface area contributed by atoms with Crippen LogP contribution < -0.4 is 5.32 Å². The van der Waals surface area contributed by atoms with Crippen LogP contribution in [0.25, 0.3) is 0 Å². The molecule has 1 rings (SSSR count). The predicted octanol–water partition coefficient (Wildman–Crippen LogP) is 0.745. The summed E-state index contributed by atoms with van der Waals surface area (Å²) in [6.07, 6.45) is 0.914. The highest BCUT2D eigenvalue weighted by Crippen LogP contribution is 2.01. The number of aromatic nitrogens is 1. The number of nitrogens with one attached hydrogen (secondary N) is 1. The zero-order chi connectivity index (χ0) is 7.40. The average molecular weight is 140 g/mol. The van der Waals surface area contributed by atoms with Gasteiger partial charge < -0.3 is 9.84 Å². The van der Waals surface area contributed by atoms with Gasteiger partial charge in [-0.15, -0.1) is 0 Å². The fourth-order valence-electron chi connectivity index (χ4n) is 0.782. The molecule has 0 atom stereocenters. The van der Waals surface area contributed by atoms with E-state index in [0.29, 0.717) is 0 Å². The van der Waals surface area contributed by atoms with E-state index in [2.05, 4.69) is 10.5 Å². The number of likely N-dealkylation sites (N-methyl/N-ethyl adjacent to an activating group) is 1. The Hall–Kier alpha value is -0.830. The molecule has 0 spiro atoms. The summed E-state index contributed by atoms with van der Waals surface area (Å²) in [6, 6.07) is 1.96. The van der Waals surface area contributed by atoms with E-state index < -0.39 is 0 Å². The normalized spacial score (nSPS) is 10.2. The maximum atomic E-state index is 4.98. The molecule has 1 aromatic rings. The number of hydrogen-bond donors (Lipinski definition) is 1. The average Bonchev–Trinajstić information content (AvgIpc) is 2.31. The molecule has 10 heavy (non-hydrogen) atoms. The predicted molar refractivity (Wildman–Crippen MR) is 38.9 cm³/mol. The molecule has 1 heterocycles. The summed E-state index contributed by atoms with van der Waals surface area (Å²) in [7, 11) is 1.92. The van der Waals surface area contributed by atoms with Gasteiger partial charge in [0.05, 0.1) is 5.69 Å². The van der Waals surface area contributed by atoms with Crippen LogP contribution in [-0.2, 0) is 6.42 Å². The molecule has 56 valence electrons. The van der Waals surface area contributed by atoms with Gasteiger partial charge in [0, 0.05) is 19.0 Å². The van der Waals surface area contributed by atoms with Crippen molar-refractivity contribution < 1.29 is 4.52 Å². The van der Waals surface area contributed by atoms with Crippen LogP contribution >= 0.6 is 0 Å². The molecule has 0 amide bonds. The van der Waals surface area contributed by atoms with Crippen LogP contribution in [0.5, 0.6) is 0 Å². The van der Waals surface area contributed by atoms with Gasteiger partial charge in [0.25, 0.3) is 0 Å². The van der Waals surface area contributed by atoms with Crippen LogP contribution in [0, 0.1) is 6.92 Å². The fourth-order valence-corrected chi connectivity index (χ4v) is 0.782. The van der Waals surface area contributed by atoms with Gasteiger partial charge in [-0.05, 0) is 14.0 Å². The van der Waals surface area contributed by atoms with Crippen molar-refractivity contribution >= 4 is 0 Å². The molecule has 0 aliphatic heterocycles. The molecular weight excluding hydrogens is 128 g/mol. The van der Waals surface area contributed by atoms with Crippen LogP contribution in [0.1, 0.15) is 11.5 Å². The first-order chi connectivity index (χ1) is 4.83. The Bertz CT molecular complexity index is 195. The minimum atomic E-state index is 0.914. The van der Waals surface area contributed by atoms with Gasteiger partial charge in [0.1, 0.15) is 5.76 Å². The van der Waals surface area contributed by atoms with Crippen LogP contribution in [0.2, 0.25) is 0 Å². The van der Waals surface area contributed by atoms with Gasteiger partial charge in [-0.3, -0.25) is 0 Å². The number of rotatable bonds is 3. The van der Waals surface area contributed by atoms with Crippen molar-refractivity contribution in [2.45, 2.75) is 13.3 Å². The van der Waals surface area contributed by atoms with Crippen molar-refractivity contribution in [1.82, 2.24) is 10.5 Å². The third kappa shape index (κ3) is 1.84. The van der Waals surface area contributed by atoms with Gasteiger partial charge in [-0.2, -0.15) is 0 Å². The van der Waals surface area contributed by atoms with Crippen molar-refractivity contribution in [2.75, 3.05) is 13.6 Å². The van der Waals surface area contributed by atoms with Crippen LogP contribution in [-0.4, -0.2) is 18.7 Å². The lowest BCUT2D eigenvalue weighted by Crippen LogP contribution is -2.09. The highest BCUT2D eigenvalue weighted by atomic mass is 16.5. The lowest BCUT2D eigenvalue weighted by Gasteiger charge is -1.91. The van der Waals surface area contributed by atoms with Gasteiger partial charge >= 0.3 is 0 Å². The van der Waals surface area contributed by atoms with Gasteiger partial charge in [-0.25, -0.2) is 0 Å². The first-order valence-corrected chi connectivity index (χ1v) is 3.39. The number of hydrogen-bond acceptors (Lipinski definition) is 3. The van der Waals surface area contributed by atoms with E-state index in [0.717, 1.165) is 24.4 Å². The lowest BCUT2D eigenvalue weighted by molar-refractivity contribution is 0.378. The summed E-state index contributed by atoms with van der Waals surface area (Å²) in [4.78, 5) is 0. The largest absolute Gasteiger partial charge is 0.361 e. The second-order valence-corrected chi connectivity index (χ2v) is 2.29. The fraction of sp³-hybridized carbons (Fsp3) is 0.571. The summed E-state index contributed by atoms with van der Waals surface area (Å²) < 4.78 is 4.98. The molecule has 0 aromatic carbocycles. The topological polar surface area (TPSA) is 38.1 Å². The van der Waals surface area contributed by atoms with Crippen molar-refractivity contribution in [1.29, 1.82) is 0 Å². The molecule has 3 nitrogen and oxygen atoms in total. The van der Waals surface area contributed by atoms with Crippen molar-refractivity contribution in [3.8, 4) is 0 Å². The molecule has 3 heteroatoms. The molecule has 0 aliphatic rings. The summed E-state index contributed by atoms with van der Waals surface area (Å²) in [5.41, 5.74) is 0.950. The first kappa shape index (κ1) is 7.28. The minimum Gasteiger partial charge on any atom is -0.361 e. The second-order valence-electron chi connectivity index (χ2n) is 2.29. The molecular formula is C7H12N2O. The molecule has 1 aromatic heterocycles. The Morgan fingerprint density at radius 2 is 2.50 bits per heavy atom. The third-order valence-corrected chi connectivity index (χ3v) is 1.30. The Balaban J connectivity index is 2.42. The summed E-state index contributed by atoms with van der Waals surface area (Å²) in [5.74, 6) is 0.951. The smallest absolute Gasteiger partial charge is 0.138 e. The molecule has 0 aliphatic carbocycles. The molecule has 0 saturated heterocycles. The standard InChI is InChI=1S/C7H12N2O/c1-6-5-7(10-9-6)3-4-8-2/h5,8H,3-4H2,1-2H3. The Morgan fingerprint density at radius 3 is 3.00 bits per heavy atom. The third-order valence-electron chi connectivity index (χ3n) is 1.30. The van der Waals surface area contributed by atoms with Crippen molar-refractivity contribution in [3.05, 3.63) is 17.5 Å². The maximum Gasteiger partial charge on any atom is 0.138 e. The lowest BCUT2D eigenvalue weighted by atomic mass is 10.3. The zero-order valence-electron chi connectivity index (χ0n) is 6.35. The van der Waals surface area contributed by atoms with Crippen LogP contribution in [0.3, 0.4) is 0 Å². The molecule has 0 saturated carbocycles. The van der Waals surface area contributed by atoms with E-state index in [1.54, 1.807) is 0 Å². The SMILES string of the molecule is CNCCc1cc(C)no1. The summed E-state index contributed by atoms with van der Waals surface area (Å²) in [5, 5.41) is 6.80. The first-order valence-electron chi connectivity index (χ1n) is 3.39. The van der Waals surface area contributed by atoms with Gasteiger partial charge in [-0.1, -0.05) is 5.16 Å². The molecule has 0 fully saturated rings. The Kier molecular flexibility index (Phi) is 2.45. The van der Waals surface area contributed by atoms with E-state index in [1.165, 1.54) is 0 Å². The van der Waals surface area contributed by atoms with E-state index in [9.17, 15) is 0 Å². The Labute approximate surface area is 60.4 Å². The monoisotopic (exact) mass is 140 g/mol. The highest BCUT2D eigenvalue weighted by molar-refractivity contribution is 5.03. The molecule has 0 unspecified atom stereocenters. The minimum absolute atomic E-state index is 0.914. The number of aryl methyl sites for hydroxylation is 1. The van der Waals surface area contributed by atoms with Crippen LogP contribution in [0.4, 0.5) is 0 Å². The van der Waals surface area contributed by atoms with E-state index in [1.807, 2.05) is 20.0 Å².